The van der Waals surface area contributed by atoms with Gasteiger partial charge < -0.3 is 5.32 Å². The van der Waals surface area contributed by atoms with Gasteiger partial charge in [0.25, 0.3) is 0 Å². The molecule has 0 unspecified atom stereocenters. The highest BCUT2D eigenvalue weighted by Gasteiger charge is 2.12. The fourth-order valence-corrected chi connectivity index (χ4v) is 3.21. The zero-order valence-electron chi connectivity index (χ0n) is 16.9. The van der Waals surface area contributed by atoms with Crippen molar-refractivity contribution in [2.45, 2.75) is 47.0 Å². The Morgan fingerprint density at radius 1 is 1.11 bits per heavy atom. The van der Waals surface area contributed by atoms with Gasteiger partial charge in [0, 0.05) is 37.5 Å². The Balaban J connectivity index is 1.76. The highest BCUT2D eigenvalue weighted by molar-refractivity contribution is 5.75. The molecule has 0 aliphatic heterocycles. The van der Waals surface area contributed by atoms with Crippen molar-refractivity contribution in [2.24, 2.45) is 5.92 Å². The lowest BCUT2D eigenvalue weighted by Gasteiger charge is -2.09. The van der Waals surface area contributed by atoms with Crippen molar-refractivity contribution in [1.82, 2.24) is 24.5 Å². The van der Waals surface area contributed by atoms with Crippen LogP contribution in [-0.4, -0.2) is 31.6 Å². The number of rotatable bonds is 7. The van der Waals surface area contributed by atoms with Crippen LogP contribution in [0.15, 0.2) is 35.4 Å². The predicted octanol–water partition coefficient (Wildman–Crippen LogP) is 2.59. The van der Waals surface area contributed by atoms with Gasteiger partial charge in [0.2, 0.25) is 11.6 Å². The van der Waals surface area contributed by atoms with Gasteiger partial charge in [-0.2, -0.15) is 0 Å². The summed E-state index contributed by atoms with van der Waals surface area (Å²) in [5, 5.41) is 11.2. The summed E-state index contributed by atoms with van der Waals surface area (Å²) in [5.41, 5.74) is 3.09. The molecule has 1 N–H and O–H groups in total. The van der Waals surface area contributed by atoms with Gasteiger partial charge in [-0.25, -0.2) is 0 Å². The molecule has 0 saturated heterocycles. The average Bonchev–Trinajstić information content (AvgIpc) is 3.03. The second kappa shape index (κ2) is 8.37. The van der Waals surface area contributed by atoms with Crippen molar-refractivity contribution in [3.63, 3.8) is 0 Å². The van der Waals surface area contributed by atoms with Gasteiger partial charge in [-0.1, -0.05) is 19.9 Å². The average molecular weight is 381 g/mol. The third-order valence-corrected chi connectivity index (χ3v) is 4.54. The Morgan fingerprint density at radius 3 is 2.50 bits per heavy atom. The van der Waals surface area contributed by atoms with E-state index in [2.05, 4.69) is 35.4 Å². The first-order chi connectivity index (χ1) is 13.3. The van der Waals surface area contributed by atoms with E-state index in [9.17, 15) is 9.59 Å². The Labute approximate surface area is 164 Å². The third-order valence-electron chi connectivity index (χ3n) is 4.54. The minimum Gasteiger partial charge on any atom is -0.356 e. The van der Waals surface area contributed by atoms with Crippen molar-refractivity contribution in [2.75, 3.05) is 6.54 Å². The molecule has 148 valence electrons. The topological polar surface area (TPSA) is 81.3 Å². The maximum atomic E-state index is 12.9. The van der Waals surface area contributed by atoms with E-state index in [1.165, 1.54) is 0 Å². The Bertz CT molecular complexity index is 1030. The van der Waals surface area contributed by atoms with Gasteiger partial charge in [0.15, 0.2) is 0 Å². The molecule has 3 aromatic rings. The van der Waals surface area contributed by atoms with Gasteiger partial charge in [-0.3, -0.25) is 18.6 Å². The standard InChI is InChI=1S/C21H27N5O2/c1-14(2)13-22-19(27)7-5-6-18-23-24-20-21(28)25(8-9-26(18)20)17-11-15(3)10-16(4)12-17/h8-12,14H,5-7,13H2,1-4H3,(H,22,27). The van der Waals surface area contributed by atoms with E-state index in [4.69, 9.17) is 0 Å². The number of nitrogens with zero attached hydrogens (tertiary/aromatic N) is 4. The monoisotopic (exact) mass is 381 g/mol. The summed E-state index contributed by atoms with van der Waals surface area (Å²) in [4.78, 5) is 24.7. The second-order valence-electron chi connectivity index (χ2n) is 7.68. The van der Waals surface area contributed by atoms with Crippen molar-refractivity contribution >= 4 is 11.6 Å². The first-order valence-corrected chi connectivity index (χ1v) is 9.66. The lowest BCUT2D eigenvalue weighted by atomic mass is 10.1. The molecule has 3 rings (SSSR count). The van der Waals surface area contributed by atoms with Crippen molar-refractivity contribution in [3.8, 4) is 5.69 Å². The van der Waals surface area contributed by atoms with E-state index < -0.39 is 0 Å². The SMILES string of the molecule is Cc1cc(C)cc(-n2ccn3c(CCCC(=O)NCC(C)C)nnc3c2=O)c1. The van der Waals surface area contributed by atoms with Crippen LogP contribution in [0.4, 0.5) is 0 Å². The molecule has 0 radical (unpaired) electrons. The van der Waals surface area contributed by atoms with Crippen LogP contribution in [0.5, 0.6) is 0 Å². The van der Waals surface area contributed by atoms with Gasteiger partial charge >= 0.3 is 5.56 Å². The Hall–Kier alpha value is -2.96. The third kappa shape index (κ3) is 4.47. The van der Waals surface area contributed by atoms with Crippen LogP contribution < -0.4 is 10.9 Å². The maximum absolute atomic E-state index is 12.9. The molecule has 1 aromatic carbocycles. The zero-order valence-corrected chi connectivity index (χ0v) is 16.9. The molecule has 28 heavy (non-hydrogen) atoms. The molecule has 0 aliphatic rings. The van der Waals surface area contributed by atoms with Gasteiger partial charge in [-0.15, -0.1) is 10.2 Å². The molecule has 2 heterocycles. The van der Waals surface area contributed by atoms with E-state index >= 15 is 0 Å². The quantitative estimate of drug-likeness (QED) is 0.682. The maximum Gasteiger partial charge on any atom is 0.300 e. The number of hydrogen-bond acceptors (Lipinski definition) is 4. The van der Waals surface area contributed by atoms with Gasteiger partial charge in [-0.05, 0) is 49.4 Å². The molecule has 1 amide bonds. The molecular formula is C21H27N5O2. The van der Waals surface area contributed by atoms with Crippen LogP contribution in [-0.2, 0) is 11.2 Å². The van der Waals surface area contributed by atoms with Crippen molar-refractivity contribution in [3.05, 3.63) is 57.9 Å². The fraction of sp³-hybridized carbons (Fsp3) is 0.429. The molecular weight excluding hydrogens is 354 g/mol. The number of carbonyl (C=O) groups excluding carboxylic acids is 1. The van der Waals surface area contributed by atoms with Crippen molar-refractivity contribution in [1.29, 1.82) is 0 Å². The summed E-state index contributed by atoms with van der Waals surface area (Å²) in [6, 6.07) is 6.01. The van der Waals surface area contributed by atoms with Crippen molar-refractivity contribution < 1.29 is 4.79 Å². The number of fused-ring (bicyclic) bond motifs is 1. The highest BCUT2D eigenvalue weighted by Crippen LogP contribution is 2.13. The van der Waals surface area contributed by atoms with Crippen LogP contribution in [0.25, 0.3) is 11.3 Å². The number of aromatic nitrogens is 4. The lowest BCUT2D eigenvalue weighted by molar-refractivity contribution is -0.121. The summed E-state index contributed by atoms with van der Waals surface area (Å²) in [6.45, 7) is 8.82. The summed E-state index contributed by atoms with van der Waals surface area (Å²) >= 11 is 0. The zero-order chi connectivity index (χ0) is 20.3. The van der Waals surface area contributed by atoms with E-state index in [1.807, 2.05) is 32.2 Å². The summed E-state index contributed by atoms with van der Waals surface area (Å²) in [7, 11) is 0. The Kier molecular flexibility index (Phi) is 5.92. The van der Waals surface area contributed by atoms with Gasteiger partial charge in [0.05, 0.1) is 0 Å². The molecule has 0 saturated carbocycles. The molecule has 0 fully saturated rings. The smallest absolute Gasteiger partial charge is 0.300 e. The normalized spacial score (nSPS) is 11.3. The van der Waals surface area contributed by atoms with Crippen LogP contribution in [0.3, 0.4) is 0 Å². The number of aryl methyl sites for hydroxylation is 3. The number of nitrogens with one attached hydrogen (secondary N) is 1. The number of amides is 1. The van der Waals surface area contributed by atoms with Crippen LogP contribution >= 0.6 is 0 Å². The number of carbonyl (C=O) groups is 1. The Morgan fingerprint density at radius 2 is 1.82 bits per heavy atom. The summed E-state index contributed by atoms with van der Waals surface area (Å²) in [5.74, 6) is 1.17. The molecule has 0 bridgehead atoms. The van der Waals surface area contributed by atoms with E-state index in [0.29, 0.717) is 43.2 Å². The molecule has 2 aromatic heterocycles. The minimum atomic E-state index is -0.207. The van der Waals surface area contributed by atoms with Gasteiger partial charge in [0.1, 0.15) is 5.82 Å². The van der Waals surface area contributed by atoms with Crippen LogP contribution in [0, 0.1) is 19.8 Å². The predicted molar refractivity (Wildman–Crippen MR) is 109 cm³/mol. The van der Waals surface area contributed by atoms with E-state index in [0.717, 1.165) is 16.8 Å². The highest BCUT2D eigenvalue weighted by atomic mass is 16.1. The van der Waals surface area contributed by atoms with E-state index in [-0.39, 0.29) is 11.5 Å². The summed E-state index contributed by atoms with van der Waals surface area (Å²) < 4.78 is 3.31. The largest absolute Gasteiger partial charge is 0.356 e. The number of hydrogen-bond donors (Lipinski definition) is 1. The second-order valence-corrected chi connectivity index (χ2v) is 7.68. The lowest BCUT2D eigenvalue weighted by Crippen LogP contribution is -2.27. The first-order valence-electron chi connectivity index (χ1n) is 9.66. The van der Waals surface area contributed by atoms with Crippen LogP contribution in [0.2, 0.25) is 0 Å². The van der Waals surface area contributed by atoms with E-state index in [1.54, 1.807) is 15.2 Å². The molecule has 0 atom stereocenters. The molecule has 7 nitrogen and oxygen atoms in total. The summed E-state index contributed by atoms with van der Waals surface area (Å²) in [6.07, 6.45) is 5.23. The first kappa shape index (κ1) is 19.8. The minimum absolute atomic E-state index is 0.0414. The number of benzene rings is 1. The molecule has 0 aliphatic carbocycles. The molecule has 7 heteroatoms. The fourth-order valence-electron chi connectivity index (χ4n) is 3.21. The molecule has 0 spiro atoms. The van der Waals surface area contributed by atoms with Crippen LogP contribution in [0.1, 0.15) is 43.6 Å².